The van der Waals surface area contributed by atoms with Gasteiger partial charge in [-0.25, -0.2) is 9.67 Å². The maximum atomic E-state index is 5.84. The second-order valence-electron chi connectivity index (χ2n) is 4.48. The molecular formula is C13H17BrN4. The van der Waals surface area contributed by atoms with Gasteiger partial charge in [0.25, 0.3) is 0 Å². The first-order chi connectivity index (χ1) is 8.45. The summed E-state index contributed by atoms with van der Waals surface area (Å²) in [6.07, 6.45) is 0. The quantitative estimate of drug-likeness (QED) is 0.928. The summed E-state index contributed by atoms with van der Waals surface area (Å²) >= 11 is 3.54. The smallest absolute Gasteiger partial charge is 0.158 e. The van der Waals surface area contributed by atoms with Crippen LogP contribution in [0.1, 0.15) is 28.2 Å². The Kier molecular flexibility index (Phi) is 3.54. The zero-order chi connectivity index (χ0) is 13.4. The van der Waals surface area contributed by atoms with Crippen LogP contribution in [0.5, 0.6) is 0 Å². The lowest BCUT2D eigenvalue weighted by Gasteiger charge is -2.12. The molecule has 0 atom stereocenters. The molecule has 0 aliphatic rings. The van der Waals surface area contributed by atoms with E-state index in [4.69, 9.17) is 5.73 Å². The molecule has 18 heavy (non-hydrogen) atoms. The van der Waals surface area contributed by atoms with E-state index in [9.17, 15) is 0 Å². The van der Waals surface area contributed by atoms with Crippen molar-refractivity contribution in [3.05, 3.63) is 38.7 Å². The predicted octanol–water partition coefficient (Wildman–Crippen LogP) is 2.72. The van der Waals surface area contributed by atoms with Gasteiger partial charge in [-0.3, -0.25) is 0 Å². The van der Waals surface area contributed by atoms with Crippen molar-refractivity contribution in [2.24, 2.45) is 5.73 Å². The minimum absolute atomic E-state index is 0.463. The summed E-state index contributed by atoms with van der Waals surface area (Å²) in [4.78, 5) is 4.59. The lowest BCUT2D eigenvalue weighted by molar-refractivity contribution is 0.780. The number of rotatable bonds is 2. The van der Waals surface area contributed by atoms with Crippen molar-refractivity contribution in [1.82, 2.24) is 14.8 Å². The predicted molar refractivity (Wildman–Crippen MR) is 75.9 cm³/mol. The van der Waals surface area contributed by atoms with E-state index in [1.54, 1.807) is 0 Å². The molecule has 0 aromatic carbocycles. The van der Waals surface area contributed by atoms with Crippen LogP contribution in [0.15, 0.2) is 10.5 Å². The molecule has 0 unspecified atom stereocenters. The molecule has 2 heterocycles. The van der Waals surface area contributed by atoms with E-state index in [1.165, 1.54) is 0 Å². The van der Waals surface area contributed by atoms with E-state index in [0.717, 1.165) is 38.5 Å². The minimum atomic E-state index is 0.463. The van der Waals surface area contributed by atoms with Gasteiger partial charge in [-0.05, 0) is 55.3 Å². The zero-order valence-electron chi connectivity index (χ0n) is 11.1. The molecule has 2 aromatic heterocycles. The topological polar surface area (TPSA) is 56.7 Å². The molecule has 0 spiro atoms. The summed E-state index contributed by atoms with van der Waals surface area (Å²) in [6, 6.07) is 2.05. The summed E-state index contributed by atoms with van der Waals surface area (Å²) < 4.78 is 2.88. The average molecular weight is 309 g/mol. The summed E-state index contributed by atoms with van der Waals surface area (Å²) in [5.41, 5.74) is 11.0. The van der Waals surface area contributed by atoms with E-state index >= 15 is 0 Å². The monoisotopic (exact) mass is 308 g/mol. The summed E-state index contributed by atoms with van der Waals surface area (Å²) in [7, 11) is 0. The van der Waals surface area contributed by atoms with E-state index in [0.29, 0.717) is 6.54 Å². The van der Waals surface area contributed by atoms with Crippen LogP contribution in [0.3, 0.4) is 0 Å². The molecule has 2 rings (SSSR count). The third kappa shape index (κ3) is 2.08. The van der Waals surface area contributed by atoms with E-state index in [2.05, 4.69) is 32.9 Å². The summed E-state index contributed by atoms with van der Waals surface area (Å²) in [5, 5.41) is 4.52. The van der Waals surface area contributed by atoms with Crippen LogP contribution < -0.4 is 5.73 Å². The second kappa shape index (κ2) is 4.82. The molecule has 0 fully saturated rings. The van der Waals surface area contributed by atoms with Gasteiger partial charge >= 0.3 is 0 Å². The summed E-state index contributed by atoms with van der Waals surface area (Å²) in [6.45, 7) is 8.49. The fourth-order valence-electron chi connectivity index (χ4n) is 2.10. The molecule has 0 bridgehead atoms. The van der Waals surface area contributed by atoms with Crippen molar-refractivity contribution in [3.8, 4) is 5.82 Å². The third-order valence-corrected chi connectivity index (χ3v) is 4.21. The van der Waals surface area contributed by atoms with Gasteiger partial charge in [-0.2, -0.15) is 5.10 Å². The number of hydrogen-bond acceptors (Lipinski definition) is 3. The SMILES string of the molecule is Cc1cc(C)c(CN)c(-n2nc(C)c(Br)c2C)n1. The number of halogens is 1. The highest BCUT2D eigenvalue weighted by atomic mass is 79.9. The Labute approximate surface area is 115 Å². The Hall–Kier alpha value is -1.20. The lowest BCUT2D eigenvalue weighted by atomic mass is 10.1. The van der Waals surface area contributed by atoms with Crippen LogP contribution in [0.4, 0.5) is 0 Å². The number of nitrogens with two attached hydrogens (primary N) is 1. The third-order valence-electron chi connectivity index (χ3n) is 3.06. The molecule has 0 amide bonds. The molecule has 0 radical (unpaired) electrons. The average Bonchev–Trinajstić information content (AvgIpc) is 2.56. The molecule has 0 aliphatic carbocycles. The van der Waals surface area contributed by atoms with Gasteiger partial charge in [-0.15, -0.1) is 0 Å². The number of hydrogen-bond donors (Lipinski definition) is 1. The van der Waals surface area contributed by atoms with E-state index < -0.39 is 0 Å². The first-order valence-corrected chi connectivity index (χ1v) is 6.64. The van der Waals surface area contributed by atoms with E-state index in [-0.39, 0.29) is 0 Å². The van der Waals surface area contributed by atoms with Crippen LogP contribution in [-0.4, -0.2) is 14.8 Å². The second-order valence-corrected chi connectivity index (χ2v) is 5.28. The first kappa shape index (κ1) is 13.2. The fraction of sp³-hybridized carbons (Fsp3) is 0.385. The molecule has 0 aliphatic heterocycles. The van der Waals surface area contributed by atoms with Gasteiger partial charge in [0.1, 0.15) is 0 Å². The Morgan fingerprint density at radius 1 is 1.28 bits per heavy atom. The number of pyridine rings is 1. The van der Waals surface area contributed by atoms with Crippen molar-refractivity contribution in [2.75, 3.05) is 0 Å². The first-order valence-electron chi connectivity index (χ1n) is 5.85. The van der Waals surface area contributed by atoms with Crippen LogP contribution >= 0.6 is 15.9 Å². The van der Waals surface area contributed by atoms with Gasteiger partial charge in [0.15, 0.2) is 5.82 Å². The fourth-order valence-corrected chi connectivity index (χ4v) is 2.35. The van der Waals surface area contributed by atoms with Crippen molar-refractivity contribution in [3.63, 3.8) is 0 Å². The van der Waals surface area contributed by atoms with Gasteiger partial charge in [-0.1, -0.05) is 0 Å². The van der Waals surface area contributed by atoms with Crippen LogP contribution in [0, 0.1) is 27.7 Å². The Morgan fingerprint density at radius 3 is 2.44 bits per heavy atom. The van der Waals surface area contributed by atoms with Crippen molar-refractivity contribution in [1.29, 1.82) is 0 Å². The van der Waals surface area contributed by atoms with Gasteiger partial charge in [0.2, 0.25) is 0 Å². The van der Waals surface area contributed by atoms with Gasteiger partial charge in [0.05, 0.1) is 15.9 Å². The Morgan fingerprint density at radius 2 is 1.94 bits per heavy atom. The van der Waals surface area contributed by atoms with Crippen molar-refractivity contribution < 1.29 is 0 Å². The molecule has 2 aromatic rings. The highest BCUT2D eigenvalue weighted by molar-refractivity contribution is 9.10. The maximum Gasteiger partial charge on any atom is 0.158 e. The van der Waals surface area contributed by atoms with Crippen LogP contribution in [0.2, 0.25) is 0 Å². The van der Waals surface area contributed by atoms with Crippen LogP contribution in [0.25, 0.3) is 5.82 Å². The standard InChI is InChI=1S/C13H17BrN4/c1-7-5-8(2)16-13(11(7)6-15)18-10(4)12(14)9(3)17-18/h5H,6,15H2,1-4H3. The van der Waals surface area contributed by atoms with Gasteiger partial charge < -0.3 is 5.73 Å². The largest absolute Gasteiger partial charge is 0.326 e. The highest BCUT2D eigenvalue weighted by Gasteiger charge is 2.15. The normalized spacial score (nSPS) is 11.0. The molecule has 2 N–H and O–H groups in total. The molecule has 0 saturated heterocycles. The number of aryl methyl sites for hydroxylation is 3. The molecular weight excluding hydrogens is 292 g/mol. The van der Waals surface area contributed by atoms with Crippen LogP contribution in [-0.2, 0) is 6.54 Å². The highest BCUT2D eigenvalue weighted by Crippen LogP contribution is 2.25. The lowest BCUT2D eigenvalue weighted by Crippen LogP contribution is -2.12. The van der Waals surface area contributed by atoms with Gasteiger partial charge in [0, 0.05) is 17.8 Å². The number of aromatic nitrogens is 3. The van der Waals surface area contributed by atoms with Crippen molar-refractivity contribution in [2.45, 2.75) is 34.2 Å². The maximum absolute atomic E-state index is 5.84. The molecule has 0 saturated carbocycles. The summed E-state index contributed by atoms with van der Waals surface area (Å²) in [5.74, 6) is 0.835. The Balaban J connectivity index is 2.73. The van der Waals surface area contributed by atoms with Crippen molar-refractivity contribution >= 4 is 15.9 Å². The zero-order valence-corrected chi connectivity index (χ0v) is 12.7. The molecule has 96 valence electrons. The minimum Gasteiger partial charge on any atom is -0.326 e. The Bertz CT molecular complexity index is 602. The van der Waals surface area contributed by atoms with E-state index in [1.807, 2.05) is 31.5 Å². The molecule has 5 heteroatoms. The molecule has 4 nitrogen and oxygen atoms in total. The number of nitrogens with zero attached hydrogens (tertiary/aromatic N) is 3.